The van der Waals surface area contributed by atoms with Gasteiger partial charge in [0.15, 0.2) is 0 Å². The minimum atomic E-state index is 0.166. The first-order valence-electron chi connectivity index (χ1n) is 7.35. The van der Waals surface area contributed by atoms with E-state index in [1.54, 1.807) is 6.20 Å². The van der Waals surface area contributed by atoms with Crippen LogP contribution in [0.4, 0.5) is 0 Å². The molecule has 112 valence electrons. The number of hydrogen-bond acceptors (Lipinski definition) is 4. The topological polar surface area (TPSA) is 61.5 Å². The van der Waals surface area contributed by atoms with Crippen LogP contribution in [0.5, 0.6) is 0 Å². The molecule has 1 aliphatic heterocycles. The number of nitrogens with one attached hydrogen (secondary N) is 1. The van der Waals surface area contributed by atoms with Crippen LogP contribution in [0.1, 0.15) is 32.1 Å². The van der Waals surface area contributed by atoms with Crippen molar-refractivity contribution in [3.05, 3.63) is 18.2 Å². The SMILES string of the molecule is CCOCCC(=O)N1CCN(CC)[C@@H](c2ncc[nH]2)C1. The Morgan fingerprint density at radius 1 is 1.50 bits per heavy atom. The van der Waals surface area contributed by atoms with Crippen molar-refractivity contribution in [1.29, 1.82) is 0 Å². The maximum atomic E-state index is 12.2. The molecule has 1 aromatic heterocycles. The smallest absolute Gasteiger partial charge is 0.224 e. The van der Waals surface area contributed by atoms with Crippen LogP contribution in [0, 0.1) is 0 Å². The van der Waals surface area contributed by atoms with Crippen molar-refractivity contribution in [3.63, 3.8) is 0 Å². The van der Waals surface area contributed by atoms with Gasteiger partial charge in [-0.05, 0) is 13.5 Å². The number of aromatic amines is 1. The Labute approximate surface area is 120 Å². The van der Waals surface area contributed by atoms with Gasteiger partial charge >= 0.3 is 0 Å². The highest BCUT2D eigenvalue weighted by Crippen LogP contribution is 2.22. The molecule has 1 aromatic rings. The van der Waals surface area contributed by atoms with Gasteiger partial charge in [-0.2, -0.15) is 0 Å². The Morgan fingerprint density at radius 2 is 2.35 bits per heavy atom. The van der Waals surface area contributed by atoms with Crippen molar-refractivity contribution in [2.45, 2.75) is 26.3 Å². The number of hydrogen-bond donors (Lipinski definition) is 1. The number of rotatable bonds is 6. The van der Waals surface area contributed by atoms with E-state index in [9.17, 15) is 4.79 Å². The fourth-order valence-corrected chi connectivity index (χ4v) is 2.61. The number of nitrogens with zero attached hydrogens (tertiary/aromatic N) is 3. The van der Waals surface area contributed by atoms with Crippen LogP contribution in [0.25, 0.3) is 0 Å². The molecule has 1 N–H and O–H groups in total. The molecule has 6 heteroatoms. The summed E-state index contributed by atoms with van der Waals surface area (Å²) in [4.78, 5) is 24.0. The van der Waals surface area contributed by atoms with Crippen molar-refractivity contribution in [2.75, 3.05) is 39.4 Å². The zero-order valence-corrected chi connectivity index (χ0v) is 12.3. The minimum absolute atomic E-state index is 0.166. The van der Waals surface area contributed by atoms with Crippen LogP contribution in [-0.4, -0.2) is 65.1 Å². The molecule has 0 bridgehead atoms. The summed E-state index contributed by atoms with van der Waals surface area (Å²) in [6.45, 7) is 8.59. The van der Waals surface area contributed by atoms with Gasteiger partial charge in [0, 0.05) is 38.6 Å². The standard InChI is InChI=1S/C14H24N4O2/c1-3-17-8-9-18(13(19)5-10-20-4-2)11-12(17)14-15-6-7-16-14/h6-7,12H,3-5,8-11H2,1-2H3,(H,15,16)/t12-/m1/s1. The first kappa shape index (κ1) is 15.0. The van der Waals surface area contributed by atoms with Gasteiger partial charge in [0.1, 0.15) is 5.82 Å². The number of piperazine rings is 1. The molecule has 1 aliphatic rings. The molecule has 0 aliphatic carbocycles. The molecule has 1 amide bonds. The largest absolute Gasteiger partial charge is 0.381 e. The van der Waals surface area contributed by atoms with E-state index in [0.29, 0.717) is 26.2 Å². The summed E-state index contributed by atoms with van der Waals surface area (Å²) in [6, 6.07) is 0.166. The van der Waals surface area contributed by atoms with E-state index in [4.69, 9.17) is 4.74 Å². The van der Waals surface area contributed by atoms with Gasteiger partial charge in [0.25, 0.3) is 0 Å². The number of amides is 1. The monoisotopic (exact) mass is 280 g/mol. The van der Waals surface area contributed by atoms with Gasteiger partial charge in [-0.1, -0.05) is 6.92 Å². The van der Waals surface area contributed by atoms with E-state index >= 15 is 0 Å². The Kier molecular flexibility index (Phi) is 5.55. The number of carbonyl (C=O) groups is 1. The molecule has 0 unspecified atom stereocenters. The number of carbonyl (C=O) groups excluding carboxylic acids is 1. The predicted molar refractivity (Wildman–Crippen MR) is 76.3 cm³/mol. The maximum Gasteiger partial charge on any atom is 0.224 e. The lowest BCUT2D eigenvalue weighted by Crippen LogP contribution is -2.50. The highest BCUT2D eigenvalue weighted by atomic mass is 16.5. The predicted octanol–water partition coefficient (Wildman–Crippen LogP) is 1.04. The van der Waals surface area contributed by atoms with Crippen molar-refractivity contribution in [2.24, 2.45) is 0 Å². The van der Waals surface area contributed by atoms with Gasteiger partial charge in [-0.15, -0.1) is 0 Å². The molecular weight excluding hydrogens is 256 g/mol. The van der Waals surface area contributed by atoms with Crippen molar-refractivity contribution in [1.82, 2.24) is 19.8 Å². The second-order valence-electron chi connectivity index (χ2n) is 4.91. The first-order valence-corrected chi connectivity index (χ1v) is 7.35. The summed E-state index contributed by atoms with van der Waals surface area (Å²) < 4.78 is 5.26. The number of ether oxygens (including phenoxy) is 1. The third-order valence-electron chi connectivity index (χ3n) is 3.75. The molecule has 2 rings (SSSR count). The molecule has 1 atom stereocenters. The first-order chi connectivity index (χ1) is 9.76. The van der Waals surface area contributed by atoms with Crippen LogP contribution in [0.3, 0.4) is 0 Å². The van der Waals surface area contributed by atoms with E-state index in [-0.39, 0.29) is 11.9 Å². The molecule has 0 radical (unpaired) electrons. The van der Waals surface area contributed by atoms with E-state index < -0.39 is 0 Å². The van der Waals surface area contributed by atoms with Gasteiger partial charge in [-0.3, -0.25) is 9.69 Å². The Morgan fingerprint density at radius 3 is 3.00 bits per heavy atom. The lowest BCUT2D eigenvalue weighted by atomic mass is 10.1. The van der Waals surface area contributed by atoms with Crippen molar-refractivity contribution < 1.29 is 9.53 Å². The molecule has 1 fully saturated rings. The highest BCUT2D eigenvalue weighted by molar-refractivity contribution is 5.76. The van der Waals surface area contributed by atoms with Crippen LogP contribution in [0.15, 0.2) is 12.4 Å². The summed E-state index contributed by atoms with van der Waals surface area (Å²) in [5, 5.41) is 0. The molecule has 6 nitrogen and oxygen atoms in total. The number of likely N-dealkylation sites (N-methyl/N-ethyl adjacent to an activating group) is 1. The lowest BCUT2D eigenvalue weighted by Gasteiger charge is -2.40. The Bertz CT molecular complexity index is 407. The Hall–Kier alpha value is -1.40. The molecule has 2 heterocycles. The van der Waals surface area contributed by atoms with E-state index in [1.165, 1.54) is 0 Å². The van der Waals surface area contributed by atoms with Gasteiger partial charge < -0.3 is 14.6 Å². The van der Waals surface area contributed by atoms with Gasteiger partial charge in [0.05, 0.1) is 19.1 Å². The van der Waals surface area contributed by atoms with E-state index in [0.717, 1.165) is 25.5 Å². The van der Waals surface area contributed by atoms with Gasteiger partial charge in [-0.25, -0.2) is 4.98 Å². The molecule has 20 heavy (non-hydrogen) atoms. The summed E-state index contributed by atoms with van der Waals surface area (Å²) in [5.74, 6) is 1.11. The quantitative estimate of drug-likeness (QED) is 0.791. The zero-order chi connectivity index (χ0) is 14.4. The van der Waals surface area contributed by atoms with Crippen LogP contribution >= 0.6 is 0 Å². The van der Waals surface area contributed by atoms with Crippen LogP contribution in [0.2, 0.25) is 0 Å². The second-order valence-corrected chi connectivity index (χ2v) is 4.91. The van der Waals surface area contributed by atoms with Crippen LogP contribution < -0.4 is 0 Å². The average molecular weight is 280 g/mol. The molecule has 1 saturated heterocycles. The number of H-pyrrole nitrogens is 1. The molecular formula is C14H24N4O2. The lowest BCUT2D eigenvalue weighted by molar-refractivity contribution is -0.135. The number of aromatic nitrogens is 2. The van der Waals surface area contributed by atoms with Crippen molar-refractivity contribution >= 4 is 5.91 Å². The summed E-state index contributed by atoms with van der Waals surface area (Å²) >= 11 is 0. The summed E-state index contributed by atoms with van der Waals surface area (Å²) in [6.07, 6.45) is 4.06. The van der Waals surface area contributed by atoms with Crippen LogP contribution in [-0.2, 0) is 9.53 Å². The fraction of sp³-hybridized carbons (Fsp3) is 0.714. The third-order valence-corrected chi connectivity index (χ3v) is 3.75. The summed E-state index contributed by atoms with van der Waals surface area (Å²) in [5.41, 5.74) is 0. The Balaban J connectivity index is 1.95. The zero-order valence-electron chi connectivity index (χ0n) is 12.3. The third kappa shape index (κ3) is 3.58. The summed E-state index contributed by atoms with van der Waals surface area (Å²) in [7, 11) is 0. The van der Waals surface area contributed by atoms with Gasteiger partial charge in [0.2, 0.25) is 5.91 Å². The highest BCUT2D eigenvalue weighted by Gasteiger charge is 2.30. The molecule has 0 spiro atoms. The molecule has 0 aromatic carbocycles. The second kappa shape index (κ2) is 7.40. The molecule has 0 saturated carbocycles. The van der Waals surface area contributed by atoms with E-state index in [1.807, 2.05) is 18.0 Å². The van der Waals surface area contributed by atoms with E-state index in [2.05, 4.69) is 21.8 Å². The minimum Gasteiger partial charge on any atom is -0.381 e. The number of imidazole rings is 1. The average Bonchev–Trinajstić information content (AvgIpc) is 3.00. The maximum absolute atomic E-state index is 12.2. The fourth-order valence-electron chi connectivity index (χ4n) is 2.61. The normalized spacial score (nSPS) is 20.3. The van der Waals surface area contributed by atoms with Crippen molar-refractivity contribution in [3.8, 4) is 0 Å².